The van der Waals surface area contributed by atoms with E-state index in [1.807, 2.05) is 44.2 Å². The third kappa shape index (κ3) is 12.4. The number of carbonyl (C=O) groups excluding carboxylic acids is 4. The van der Waals surface area contributed by atoms with E-state index in [0.717, 1.165) is 5.56 Å². The molecule has 1 aliphatic heterocycles. The molecule has 1 aromatic rings. The van der Waals surface area contributed by atoms with Gasteiger partial charge in [0.05, 0.1) is 18.8 Å². The van der Waals surface area contributed by atoms with Gasteiger partial charge in [0.1, 0.15) is 17.7 Å². The summed E-state index contributed by atoms with van der Waals surface area (Å²) in [6, 6.07) is 7.13. The van der Waals surface area contributed by atoms with Crippen LogP contribution in [0.5, 0.6) is 0 Å². The number of hydrogen-bond donors (Lipinski definition) is 5. The summed E-state index contributed by atoms with van der Waals surface area (Å²) in [7, 11) is 0. The van der Waals surface area contributed by atoms with Gasteiger partial charge in [0.15, 0.2) is 0 Å². The number of nitrogens with one attached hydrogen (secondary N) is 4. The molecule has 1 saturated heterocycles. The van der Waals surface area contributed by atoms with Crippen molar-refractivity contribution in [3.8, 4) is 0 Å². The fourth-order valence-corrected chi connectivity index (χ4v) is 4.73. The molecular formula is C31H50N4O7. The van der Waals surface area contributed by atoms with Gasteiger partial charge in [-0.3, -0.25) is 14.4 Å². The van der Waals surface area contributed by atoms with Crippen LogP contribution in [0.2, 0.25) is 0 Å². The molecule has 5 N–H and O–H groups in total. The van der Waals surface area contributed by atoms with Crippen LogP contribution in [0.3, 0.4) is 0 Å². The number of aliphatic hydroxyl groups is 1. The van der Waals surface area contributed by atoms with E-state index in [0.29, 0.717) is 32.6 Å². The number of alkyl carbamates (subject to hydrolysis) is 1. The molecule has 1 fully saturated rings. The van der Waals surface area contributed by atoms with Crippen molar-refractivity contribution in [3.63, 3.8) is 0 Å². The first kappa shape index (κ1) is 35.0. The van der Waals surface area contributed by atoms with E-state index < -0.39 is 47.7 Å². The maximum Gasteiger partial charge on any atom is 0.408 e. The minimum atomic E-state index is -1.04. The monoisotopic (exact) mass is 590 g/mol. The Hall–Kier alpha value is -3.18. The largest absolute Gasteiger partial charge is 0.444 e. The van der Waals surface area contributed by atoms with E-state index in [1.165, 1.54) is 0 Å². The molecule has 11 heteroatoms. The van der Waals surface area contributed by atoms with Crippen LogP contribution in [-0.2, 0) is 30.4 Å². The first-order valence-corrected chi connectivity index (χ1v) is 14.8. The number of rotatable bonds is 14. The number of benzene rings is 1. The number of ether oxygens (including phenoxy) is 2. The number of aliphatic hydroxyl groups excluding tert-OH is 1. The highest BCUT2D eigenvalue weighted by molar-refractivity contribution is 5.88. The van der Waals surface area contributed by atoms with Gasteiger partial charge in [-0.05, 0) is 58.4 Å². The van der Waals surface area contributed by atoms with Crippen molar-refractivity contribution in [3.05, 3.63) is 35.9 Å². The summed E-state index contributed by atoms with van der Waals surface area (Å²) in [5.41, 5.74) is 0.216. The third-order valence-corrected chi connectivity index (χ3v) is 7.01. The lowest BCUT2D eigenvalue weighted by Crippen LogP contribution is -2.56. The standard InChI is InChI=1S/C31H50N4O7/c1-19(2)15-24(34-29(39)26(23-13-14-41-18-23)35-30(40)42-31(5,6)7)25(36)16-20(3)27(37)33-21(4)28(38)32-17-22-11-9-8-10-12-22/h8-12,19-21,23-26,36H,13-18H2,1-7H3,(H,32,38)(H,33,37)(H,34,39)(H,35,40)/t20-,21+,23+,24+,25+,26+/m1/s1. The molecule has 0 bridgehead atoms. The Labute approximate surface area is 249 Å². The van der Waals surface area contributed by atoms with Gasteiger partial charge in [-0.1, -0.05) is 51.1 Å². The molecule has 1 heterocycles. The number of carbonyl (C=O) groups is 4. The quantitative estimate of drug-likeness (QED) is 0.223. The molecule has 11 nitrogen and oxygen atoms in total. The van der Waals surface area contributed by atoms with E-state index in [2.05, 4.69) is 21.3 Å². The van der Waals surface area contributed by atoms with Gasteiger partial charge in [0, 0.05) is 25.0 Å². The first-order valence-electron chi connectivity index (χ1n) is 14.8. The number of amides is 4. The van der Waals surface area contributed by atoms with Crippen molar-refractivity contribution in [1.82, 2.24) is 21.3 Å². The maximum absolute atomic E-state index is 13.5. The second kappa shape index (κ2) is 16.5. The van der Waals surface area contributed by atoms with E-state index >= 15 is 0 Å². The van der Waals surface area contributed by atoms with Crippen LogP contribution in [0.4, 0.5) is 4.79 Å². The minimum absolute atomic E-state index is 0.0680. The molecule has 2 rings (SSSR count). The summed E-state index contributed by atoms with van der Waals surface area (Å²) in [6.45, 7) is 13.6. The smallest absolute Gasteiger partial charge is 0.408 e. The molecule has 0 aliphatic carbocycles. The Balaban J connectivity index is 1.99. The maximum atomic E-state index is 13.5. The van der Waals surface area contributed by atoms with Crippen molar-refractivity contribution >= 4 is 23.8 Å². The van der Waals surface area contributed by atoms with Crippen molar-refractivity contribution in [2.24, 2.45) is 17.8 Å². The van der Waals surface area contributed by atoms with Crippen LogP contribution in [0.15, 0.2) is 30.3 Å². The number of hydrogen-bond acceptors (Lipinski definition) is 7. The molecule has 0 spiro atoms. The van der Waals surface area contributed by atoms with Crippen LogP contribution >= 0.6 is 0 Å². The van der Waals surface area contributed by atoms with Crippen LogP contribution < -0.4 is 21.3 Å². The average molecular weight is 591 g/mol. The van der Waals surface area contributed by atoms with Crippen LogP contribution in [0.1, 0.15) is 73.3 Å². The van der Waals surface area contributed by atoms with E-state index in [4.69, 9.17) is 9.47 Å². The summed E-state index contributed by atoms with van der Waals surface area (Å²) < 4.78 is 10.8. The topological polar surface area (TPSA) is 155 Å². The van der Waals surface area contributed by atoms with Gasteiger partial charge in [-0.15, -0.1) is 0 Å². The molecule has 0 radical (unpaired) electrons. The van der Waals surface area contributed by atoms with Crippen molar-refractivity contribution in [2.45, 2.75) is 104 Å². The summed E-state index contributed by atoms with van der Waals surface area (Å²) >= 11 is 0. The zero-order valence-corrected chi connectivity index (χ0v) is 26.1. The second-order valence-electron chi connectivity index (χ2n) is 12.6. The lowest BCUT2D eigenvalue weighted by molar-refractivity contribution is -0.131. The van der Waals surface area contributed by atoms with Gasteiger partial charge >= 0.3 is 6.09 Å². The SMILES string of the molecule is CC(C)C[C@H](NC(=O)[C@@H](NC(=O)OC(C)(C)C)[C@H]1CCOC1)[C@@H](O)C[C@@H](C)C(=O)N[C@@H](C)C(=O)NCc1ccccc1. The van der Waals surface area contributed by atoms with Crippen molar-refractivity contribution in [2.75, 3.05) is 13.2 Å². The Morgan fingerprint density at radius 3 is 2.19 bits per heavy atom. The minimum Gasteiger partial charge on any atom is -0.444 e. The van der Waals surface area contributed by atoms with Gasteiger partial charge in [0.2, 0.25) is 17.7 Å². The molecule has 42 heavy (non-hydrogen) atoms. The molecular weight excluding hydrogens is 540 g/mol. The summed E-state index contributed by atoms with van der Waals surface area (Å²) in [5.74, 6) is -1.87. The molecule has 6 atom stereocenters. The molecule has 0 saturated carbocycles. The second-order valence-corrected chi connectivity index (χ2v) is 12.6. The van der Waals surface area contributed by atoms with Gasteiger partial charge in [-0.2, -0.15) is 0 Å². The van der Waals surface area contributed by atoms with Crippen molar-refractivity contribution in [1.29, 1.82) is 0 Å². The highest BCUT2D eigenvalue weighted by Gasteiger charge is 2.36. The van der Waals surface area contributed by atoms with Gasteiger partial charge < -0.3 is 35.8 Å². The zero-order chi connectivity index (χ0) is 31.4. The van der Waals surface area contributed by atoms with Crippen molar-refractivity contribution < 1.29 is 33.8 Å². The lowest BCUT2D eigenvalue weighted by Gasteiger charge is -2.31. The van der Waals surface area contributed by atoms with Crippen LogP contribution in [-0.4, -0.2) is 72.0 Å². The Morgan fingerprint density at radius 2 is 1.62 bits per heavy atom. The molecule has 0 unspecified atom stereocenters. The molecule has 1 aromatic carbocycles. The highest BCUT2D eigenvalue weighted by Crippen LogP contribution is 2.20. The molecule has 0 aromatic heterocycles. The Kier molecular flexibility index (Phi) is 13.7. The predicted octanol–water partition coefficient (Wildman–Crippen LogP) is 2.66. The van der Waals surface area contributed by atoms with Gasteiger partial charge in [-0.25, -0.2) is 4.79 Å². The molecule has 1 aliphatic rings. The first-order chi connectivity index (χ1) is 19.7. The van der Waals surface area contributed by atoms with Crippen LogP contribution in [0.25, 0.3) is 0 Å². The van der Waals surface area contributed by atoms with E-state index in [-0.39, 0.29) is 30.1 Å². The normalized spacial score (nSPS) is 18.7. The van der Waals surface area contributed by atoms with E-state index in [1.54, 1.807) is 34.6 Å². The predicted molar refractivity (Wildman–Crippen MR) is 159 cm³/mol. The lowest BCUT2D eigenvalue weighted by atomic mass is 9.91. The summed E-state index contributed by atoms with van der Waals surface area (Å²) in [6.07, 6.45) is -0.623. The highest BCUT2D eigenvalue weighted by atomic mass is 16.6. The molecule has 4 amide bonds. The third-order valence-electron chi connectivity index (χ3n) is 7.01. The zero-order valence-electron chi connectivity index (χ0n) is 26.1. The fraction of sp³-hybridized carbons (Fsp3) is 0.677. The van der Waals surface area contributed by atoms with Gasteiger partial charge in [0.25, 0.3) is 0 Å². The Bertz CT molecular complexity index is 1020. The van der Waals surface area contributed by atoms with E-state index in [9.17, 15) is 24.3 Å². The summed E-state index contributed by atoms with van der Waals surface area (Å²) in [5, 5.41) is 22.3. The fourth-order valence-electron chi connectivity index (χ4n) is 4.73. The summed E-state index contributed by atoms with van der Waals surface area (Å²) in [4.78, 5) is 51.4. The van der Waals surface area contributed by atoms with Crippen LogP contribution in [0, 0.1) is 17.8 Å². The molecule has 236 valence electrons. The Morgan fingerprint density at radius 1 is 0.952 bits per heavy atom. The average Bonchev–Trinajstić information content (AvgIpc) is 3.43.